The van der Waals surface area contributed by atoms with E-state index < -0.39 is 6.09 Å². The summed E-state index contributed by atoms with van der Waals surface area (Å²) in [5.74, 6) is 0.808. The standard InChI is InChI=1S/C13H17BrClNO3/c14-9-10-8-11(4-5-12(10)15)19-7-3-1-2-6-16-13(17)18/h4-5,8,16H,1-3,6-7,9H2,(H,17,18). The van der Waals surface area contributed by atoms with Crippen molar-refractivity contribution in [1.29, 1.82) is 0 Å². The molecule has 4 nitrogen and oxygen atoms in total. The van der Waals surface area contributed by atoms with Crippen molar-refractivity contribution in [2.45, 2.75) is 24.6 Å². The molecule has 106 valence electrons. The Morgan fingerprint density at radius 3 is 2.84 bits per heavy atom. The molecule has 0 saturated heterocycles. The third kappa shape index (κ3) is 6.68. The summed E-state index contributed by atoms with van der Waals surface area (Å²) in [4.78, 5) is 10.2. The molecule has 0 heterocycles. The van der Waals surface area contributed by atoms with E-state index in [1.54, 1.807) is 0 Å². The molecule has 6 heteroatoms. The number of nitrogens with one attached hydrogen (secondary N) is 1. The minimum absolute atomic E-state index is 0.490. The van der Waals surface area contributed by atoms with Gasteiger partial charge in [-0.05, 0) is 43.0 Å². The number of carboxylic acid groups (broad SMARTS) is 1. The molecule has 0 radical (unpaired) electrons. The Balaban J connectivity index is 2.17. The molecule has 1 aromatic rings. The fourth-order valence-electron chi connectivity index (χ4n) is 1.53. The van der Waals surface area contributed by atoms with Crippen molar-refractivity contribution in [2.75, 3.05) is 13.2 Å². The van der Waals surface area contributed by atoms with Crippen LogP contribution in [0.25, 0.3) is 0 Å². The molecular weight excluding hydrogens is 334 g/mol. The van der Waals surface area contributed by atoms with Gasteiger partial charge < -0.3 is 15.2 Å². The van der Waals surface area contributed by atoms with Crippen LogP contribution in [0.2, 0.25) is 5.02 Å². The van der Waals surface area contributed by atoms with Gasteiger partial charge in [-0.25, -0.2) is 4.79 Å². The SMILES string of the molecule is O=C(O)NCCCCCOc1ccc(Cl)c(CBr)c1. The first-order chi connectivity index (χ1) is 9.13. The highest BCUT2D eigenvalue weighted by Gasteiger charge is 2.01. The molecule has 1 rings (SSSR count). The van der Waals surface area contributed by atoms with Gasteiger partial charge >= 0.3 is 6.09 Å². The van der Waals surface area contributed by atoms with Crippen LogP contribution in [0.15, 0.2) is 18.2 Å². The first kappa shape index (κ1) is 16.1. The van der Waals surface area contributed by atoms with Crippen LogP contribution >= 0.6 is 27.5 Å². The first-order valence-electron chi connectivity index (χ1n) is 6.07. The number of carbonyl (C=O) groups is 1. The van der Waals surface area contributed by atoms with Crippen LogP contribution in [0.4, 0.5) is 4.79 Å². The van der Waals surface area contributed by atoms with Gasteiger partial charge in [0, 0.05) is 16.9 Å². The average Bonchev–Trinajstić information content (AvgIpc) is 2.39. The molecule has 0 aliphatic carbocycles. The van der Waals surface area contributed by atoms with E-state index in [1.165, 1.54) is 0 Å². The van der Waals surface area contributed by atoms with E-state index in [0.29, 0.717) is 18.5 Å². The van der Waals surface area contributed by atoms with Gasteiger partial charge in [-0.2, -0.15) is 0 Å². The fourth-order valence-corrected chi connectivity index (χ4v) is 2.34. The van der Waals surface area contributed by atoms with Crippen molar-refractivity contribution in [1.82, 2.24) is 5.32 Å². The topological polar surface area (TPSA) is 58.6 Å². The Labute approximate surface area is 126 Å². The number of hydrogen-bond donors (Lipinski definition) is 2. The second-order valence-corrected chi connectivity index (χ2v) is 5.00. The second-order valence-electron chi connectivity index (χ2n) is 4.03. The van der Waals surface area contributed by atoms with Crippen molar-refractivity contribution in [3.63, 3.8) is 0 Å². The van der Waals surface area contributed by atoms with Crippen LogP contribution in [0, 0.1) is 0 Å². The summed E-state index contributed by atoms with van der Waals surface area (Å²) in [5, 5.41) is 12.1. The predicted octanol–water partition coefficient (Wildman–Crippen LogP) is 4.05. The number of benzene rings is 1. The Morgan fingerprint density at radius 2 is 2.16 bits per heavy atom. The van der Waals surface area contributed by atoms with Crippen LogP contribution < -0.4 is 10.1 Å². The summed E-state index contributed by atoms with van der Waals surface area (Å²) < 4.78 is 5.61. The third-order valence-corrected chi connectivity index (χ3v) is 3.50. The van der Waals surface area contributed by atoms with Crippen molar-refractivity contribution < 1.29 is 14.6 Å². The highest BCUT2D eigenvalue weighted by atomic mass is 79.9. The van der Waals surface area contributed by atoms with E-state index in [4.69, 9.17) is 21.4 Å². The predicted molar refractivity (Wildman–Crippen MR) is 79.5 cm³/mol. The van der Waals surface area contributed by atoms with Crippen LogP contribution in [0.5, 0.6) is 5.75 Å². The minimum Gasteiger partial charge on any atom is -0.494 e. The first-order valence-corrected chi connectivity index (χ1v) is 7.57. The monoisotopic (exact) mass is 349 g/mol. The number of unbranched alkanes of at least 4 members (excludes halogenated alkanes) is 2. The maximum absolute atomic E-state index is 10.2. The van der Waals surface area contributed by atoms with Gasteiger partial charge in [-0.3, -0.25) is 0 Å². The molecule has 0 aromatic heterocycles. The molecule has 0 bridgehead atoms. The van der Waals surface area contributed by atoms with E-state index >= 15 is 0 Å². The van der Waals surface area contributed by atoms with Gasteiger partial charge in [0.15, 0.2) is 0 Å². The van der Waals surface area contributed by atoms with Gasteiger partial charge in [0.25, 0.3) is 0 Å². The fraction of sp³-hybridized carbons (Fsp3) is 0.462. The number of hydrogen-bond acceptors (Lipinski definition) is 2. The normalized spacial score (nSPS) is 10.2. The molecular formula is C13H17BrClNO3. The quantitative estimate of drug-likeness (QED) is 0.549. The van der Waals surface area contributed by atoms with E-state index in [1.807, 2.05) is 18.2 Å². The largest absolute Gasteiger partial charge is 0.494 e. The molecule has 0 aliphatic rings. The maximum Gasteiger partial charge on any atom is 0.404 e. The van der Waals surface area contributed by atoms with Crippen LogP contribution in [0.1, 0.15) is 24.8 Å². The lowest BCUT2D eigenvalue weighted by Crippen LogP contribution is -2.21. The Kier molecular flexibility index (Phi) is 7.67. The molecule has 0 aliphatic heterocycles. The summed E-state index contributed by atoms with van der Waals surface area (Å²) in [6.45, 7) is 1.11. The lowest BCUT2D eigenvalue weighted by atomic mass is 10.2. The molecule has 19 heavy (non-hydrogen) atoms. The maximum atomic E-state index is 10.2. The lowest BCUT2D eigenvalue weighted by Gasteiger charge is -2.08. The summed E-state index contributed by atoms with van der Waals surface area (Å²) >= 11 is 9.37. The van der Waals surface area contributed by atoms with E-state index in [2.05, 4.69) is 21.2 Å². The van der Waals surface area contributed by atoms with Gasteiger partial charge in [0.05, 0.1) is 6.61 Å². The molecule has 0 fully saturated rings. The zero-order chi connectivity index (χ0) is 14.1. The van der Waals surface area contributed by atoms with Crippen molar-refractivity contribution >= 4 is 33.6 Å². The summed E-state index contributed by atoms with van der Waals surface area (Å²) in [5.41, 5.74) is 1.00. The smallest absolute Gasteiger partial charge is 0.404 e. The van der Waals surface area contributed by atoms with E-state index in [9.17, 15) is 4.79 Å². The highest BCUT2D eigenvalue weighted by molar-refractivity contribution is 9.08. The number of alkyl halides is 1. The summed E-state index contributed by atoms with van der Waals surface area (Å²) in [7, 11) is 0. The Hall–Kier alpha value is -0.940. The van der Waals surface area contributed by atoms with Crippen molar-refractivity contribution in [3.8, 4) is 5.75 Å². The highest BCUT2D eigenvalue weighted by Crippen LogP contribution is 2.24. The second kappa shape index (κ2) is 9.04. The number of halogens is 2. The van der Waals surface area contributed by atoms with Crippen molar-refractivity contribution in [3.05, 3.63) is 28.8 Å². The Morgan fingerprint density at radius 1 is 1.37 bits per heavy atom. The molecule has 0 spiro atoms. The van der Waals surface area contributed by atoms with Gasteiger partial charge in [-0.15, -0.1) is 0 Å². The summed E-state index contributed by atoms with van der Waals surface area (Å²) in [6, 6.07) is 5.59. The molecule has 0 saturated carbocycles. The number of rotatable bonds is 8. The van der Waals surface area contributed by atoms with Crippen LogP contribution in [0.3, 0.4) is 0 Å². The molecule has 1 amide bonds. The zero-order valence-corrected chi connectivity index (χ0v) is 12.8. The number of amides is 1. The van der Waals surface area contributed by atoms with E-state index in [0.717, 1.165) is 35.6 Å². The van der Waals surface area contributed by atoms with Gasteiger partial charge in [0.1, 0.15) is 5.75 Å². The van der Waals surface area contributed by atoms with Crippen LogP contribution in [-0.4, -0.2) is 24.4 Å². The lowest BCUT2D eigenvalue weighted by molar-refractivity contribution is 0.194. The molecule has 2 N–H and O–H groups in total. The third-order valence-electron chi connectivity index (χ3n) is 2.53. The molecule has 1 aromatic carbocycles. The Bertz CT molecular complexity index is 415. The van der Waals surface area contributed by atoms with Crippen molar-refractivity contribution in [2.24, 2.45) is 0 Å². The average molecular weight is 351 g/mol. The molecule has 0 atom stereocenters. The zero-order valence-electron chi connectivity index (χ0n) is 10.5. The molecule has 0 unspecified atom stereocenters. The minimum atomic E-state index is -0.972. The van der Waals surface area contributed by atoms with Crippen LogP contribution in [-0.2, 0) is 5.33 Å². The van der Waals surface area contributed by atoms with E-state index in [-0.39, 0.29) is 0 Å². The number of ether oxygens (including phenoxy) is 1. The van der Waals surface area contributed by atoms with Gasteiger partial charge in [-0.1, -0.05) is 27.5 Å². The summed E-state index contributed by atoms with van der Waals surface area (Å²) in [6.07, 6.45) is 1.68. The van der Waals surface area contributed by atoms with Gasteiger partial charge in [0.2, 0.25) is 0 Å².